The van der Waals surface area contributed by atoms with Crippen LogP contribution in [0.4, 0.5) is 0 Å². The molecule has 5 nitrogen and oxygen atoms in total. The number of aromatic nitrogens is 3. The highest BCUT2D eigenvalue weighted by Crippen LogP contribution is 2.36. The second kappa shape index (κ2) is 6.79. The van der Waals surface area contributed by atoms with Crippen LogP contribution in [0.5, 0.6) is 0 Å². The predicted octanol–water partition coefficient (Wildman–Crippen LogP) is 4.70. The zero-order chi connectivity index (χ0) is 19.1. The third-order valence-corrected chi connectivity index (χ3v) is 5.52. The summed E-state index contributed by atoms with van der Waals surface area (Å²) in [6.45, 7) is 3.76. The van der Waals surface area contributed by atoms with E-state index in [0.29, 0.717) is 21.7 Å². The fourth-order valence-electron chi connectivity index (χ4n) is 3.68. The number of hydrogen-bond acceptors (Lipinski definition) is 4. The quantitative estimate of drug-likeness (QED) is 0.577. The summed E-state index contributed by atoms with van der Waals surface area (Å²) in [5.41, 5.74) is 2.04. The van der Waals surface area contributed by atoms with Crippen LogP contribution < -0.4 is 0 Å². The first-order valence-electron chi connectivity index (χ1n) is 8.98. The van der Waals surface area contributed by atoms with Gasteiger partial charge in [-0.15, -0.1) is 0 Å². The van der Waals surface area contributed by atoms with Gasteiger partial charge < -0.3 is 10.2 Å². The van der Waals surface area contributed by atoms with Crippen LogP contribution in [0.25, 0.3) is 22.0 Å². The van der Waals surface area contributed by atoms with Crippen molar-refractivity contribution >= 4 is 28.6 Å². The van der Waals surface area contributed by atoms with Gasteiger partial charge in [0.15, 0.2) is 10.6 Å². The Kier molecular flexibility index (Phi) is 4.45. The number of benzene rings is 2. The van der Waals surface area contributed by atoms with E-state index in [9.17, 15) is 10.2 Å². The second-order valence-corrected chi connectivity index (χ2v) is 7.20. The molecule has 2 atom stereocenters. The number of aromatic amines is 1. The van der Waals surface area contributed by atoms with E-state index >= 15 is 0 Å². The molecule has 1 aromatic heterocycles. The van der Waals surface area contributed by atoms with Crippen LogP contribution in [0, 0.1) is 10.7 Å². The molecule has 0 amide bonds. The van der Waals surface area contributed by atoms with Gasteiger partial charge >= 0.3 is 0 Å². The molecule has 27 heavy (non-hydrogen) atoms. The van der Waals surface area contributed by atoms with E-state index in [2.05, 4.69) is 10.2 Å². The van der Waals surface area contributed by atoms with Crippen molar-refractivity contribution in [1.29, 1.82) is 0 Å². The van der Waals surface area contributed by atoms with Crippen molar-refractivity contribution in [2.75, 3.05) is 0 Å². The van der Waals surface area contributed by atoms with Gasteiger partial charge in [-0.25, -0.2) is 0 Å². The summed E-state index contributed by atoms with van der Waals surface area (Å²) >= 11 is 5.51. The standard InChI is InChI=1S/C21H21N3O2S/c1-3-13-11-16(19(26)12(2)18(13)25)20-22-23-21(27)24(20)17-10-6-8-14-7-4-5-9-15(14)17/h4-11,13,18,25-26H,3H2,1-2H3,(H,23,27). The Morgan fingerprint density at radius 2 is 1.93 bits per heavy atom. The number of nitrogens with zero attached hydrogens (tertiary/aromatic N) is 2. The first-order valence-corrected chi connectivity index (χ1v) is 9.39. The maximum Gasteiger partial charge on any atom is 0.200 e. The molecule has 0 saturated heterocycles. The van der Waals surface area contributed by atoms with Gasteiger partial charge in [0, 0.05) is 11.3 Å². The van der Waals surface area contributed by atoms with Crippen molar-refractivity contribution in [2.45, 2.75) is 26.4 Å². The molecule has 4 rings (SSSR count). The molecule has 0 saturated carbocycles. The van der Waals surface area contributed by atoms with Crippen molar-refractivity contribution in [3.05, 3.63) is 70.5 Å². The van der Waals surface area contributed by atoms with Gasteiger partial charge in [-0.3, -0.25) is 9.67 Å². The van der Waals surface area contributed by atoms with Crippen LogP contribution in [0.15, 0.2) is 59.9 Å². The highest BCUT2D eigenvalue weighted by Gasteiger charge is 2.30. The lowest BCUT2D eigenvalue weighted by Crippen LogP contribution is -2.25. The SMILES string of the molecule is CCC1C=C(c2n[nH]c(=S)n2-c2cccc3ccccc23)C(O)=C(C)C1O. The number of fused-ring (bicyclic) bond motifs is 1. The Bertz CT molecular complexity index is 1130. The fourth-order valence-corrected chi connectivity index (χ4v) is 3.91. The number of hydrogen-bond donors (Lipinski definition) is 3. The van der Waals surface area contributed by atoms with Crippen molar-refractivity contribution in [2.24, 2.45) is 5.92 Å². The van der Waals surface area contributed by atoms with Gasteiger partial charge in [-0.05, 0) is 42.6 Å². The Balaban J connectivity index is 1.97. The minimum Gasteiger partial charge on any atom is -0.507 e. The van der Waals surface area contributed by atoms with Crippen molar-refractivity contribution in [3.63, 3.8) is 0 Å². The molecule has 1 heterocycles. The van der Waals surface area contributed by atoms with Gasteiger partial charge in [0.2, 0.25) is 0 Å². The first kappa shape index (κ1) is 17.7. The summed E-state index contributed by atoms with van der Waals surface area (Å²) < 4.78 is 2.30. The molecular weight excluding hydrogens is 358 g/mol. The van der Waals surface area contributed by atoms with Gasteiger partial charge in [-0.1, -0.05) is 49.4 Å². The van der Waals surface area contributed by atoms with Crippen LogP contribution in [0.1, 0.15) is 26.1 Å². The fraction of sp³-hybridized carbons (Fsp3) is 0.238. The molecule has 3 N–H and O–H groups in total. The number of H-pyrrole nitrogens is 1. The zero-order valence-corrected chi connectivity index (χ0v) is 16.0. The van der Waals surface area contributed by atoms with Crippen molar-refractivity contribution < 1.29 is 10.2 Å². The molecule has 6 heteroatoms. The molecule has 3 aromatic rings. The number of nitrogens with one attached hydrogen (secondary N) is 1. The number of allylic oxidation sites excluding steroid dienone is 1. The second-order valence-electron chi connectivity index (χ2n) is 6.81. The molecule has 2 aromatic carbocycles. The van der Waals surface area contributed by atoms with Crippen LogP contribution >= 0.6 is 12.2 Å². The molecule has 138 valence electrons. The maximum atomic E-state index is 10.7. The number of rotatable bonds is 3. The Morgan fingerprint density at radius 3 is 2.70 bits per heavy atom. The highest BCUT2D eigenvalue weighted by atomic mass is 32.1. The molecule has 0 bridgehead atoms. The Morgan fingerprint density at radius 1 is 1.19 bits per heavy atom. The molecule has 0 aliphatic heterocycles. The monoisotopic (exact) mass is 379 g/mol. The van der Waals surface area contributed by atoms with E-state index in [4.69, 9.17) is 12.2 Å². The summed E-state index contributed by atoms with van der Waals surface area (Å²) in [7, 11) is 0. The van der Waals surface area contributed by atoms with Gasteiger partial charge in [0.25, 0.3) is 0 Å². The van der Waals surface area contributed by atoms with Crippen molar-refractivity contribution in [3.8, 4) is 5.69 Å². The van der Waals surface area contributed by atoms with E-state index in [0.717, 1.165) is 22.9 Å². The van der Waals surface area contributed by atoms with Gasteiger partial charge in [0.1, 0.15) is 5.76 Å². The molecule has 1 aliphatic carbocycles. The Hall–Kier alpha value is -2.70. The van der Waals surface area contributed by atoms with Crippen LogP contribution in [0.3, 0.4) is 0 Å². The average molecular weight is 379 g/mol. The zero-order valence-electron chi connectivity index (χ0n) is 15.2. The summed E-state index contributed by atoms with van der Waals surface area (Å²) in [5.74, 6) is 0.517. The third-order valence-electron chi connectivity index (χ3n) is 5.25. The average Bonchev–Trinajstić information content (AvgIpc) is 3.07. The van der Waals surface area contributed by atoms with Crippen LogP contribution in [0.2, 0.25) is 0 Å². The Labute approximate surface area is 162 Å². The molecule has 1 aliphatic rings. The largest absolute Gasteiger partial charge is 0.507 e. The summed E-state index contributed by atoms with van der Waals surface area (Å²) in [5, 5.41) is 30.5. The lowest BCUT2D eigenvalue weighted by atomic mass is 9.85. The van der Waals surface area contributed by atoms with Crippen LogP contribution in [-0.4, -0.2) is 31.1 Å². The minimum atomic E-state index is -0.688. The predicted molar refractivity (Wildman–Crippen MR) is 109 cm³/mol. The van der Waals surface area contributed by atoms with E-state index in [1.54, 1.807) is 6.92 Å². The van der Waals surface area contributed by atoms with Crippen LogP contribution in [-0.2, 0) is 0 Å². The molecular formula is C21H21N3O2S. The lowest BCUT2D eigenvalue weighted by molar-refractivity contribution is 0.154. The van der Waals surface area contributed by atoms with Gasteiger partial charge in [0.05, 0.1) is 17.4 Å². The summed E-state index contributed by atoms with van der Waals surface area (Å²) in [6, 6.07) is 14.1. The minimum absolute atomic E-state index is 0.0580. The molecule has 0 fully saturated rings. The smallest absolute Gasteiger partial charge is 0.200 e. The molecule has 0 spiro atoms. The summed E-state index contributed by atoms with van der Waals surface area (Å²) in [6.07, 6.45) is 1.96. The number of aliphatic hydroxyl groups is 2. The lowest BCUT2D eigenvalue weighted by Gasteiger charge is -2.27. The van der Waals surface area contributed by atoms with E-state index in [1.807, 2.05) is 60.0 Å². The molecule has 2 unspecified atom stereocenters. The van der Waals surface area contributed by atoms with E-state index in [1.165, 1.54) is 0 Å². The van der Waals surface area contributed by atoms with Gasteiger partial charge in [-0.2, -0.15) is 5.10 Å². The van der Waals surface area contributed by atoms with E-state index < -0.39 is 6.10 Å². The topological polar surface area (TPSA) is 74.1 Å². The highest BCUT2D eigenvalue weighted by molar-refractivity contribution is 7.71. The third kappa shape index (κ3) is 2.81. The normalized spacial score (nSPS) is 20.2. The molecule has 0 radical (unpaired) electrons. The number of aliphatic hydroxyl groups excluding tert-OH is 2. The van der Waals surface area contributed by atoms with Crippen molar-refractivity contribution in [1.82, 2.24) is 14.8 Å². The summed E-state index contributed by atoms with van der Waals surface area (Å²) in [4.78, 5) is 0. The van der Waals surface area contributed by atoms with E-state index in [-0.39, 0.29) is 11.7 Å². The first-order chi connectivity index (χ1) is 13.0. The maximum absolute atomic E-state index is 10.7.